The summed E-state index contributed by atoms with van der Waals surface area (Å²) in [6.45, 7) is -0.190. The first-order valence-electron chi connectivity index (χ1n) is 27.0. The first kappa shape index (κ1) is 42.7. The molecule has 12 aromatic carbocycles. The van der Waals surface area contributed by atoms with Crippen LogP contribution in [0.25, 0.3) is 116 Å². The molecule has 0 atom stereocenters. The van der Waals surface area contributed by atoms with Crippen LogP contribution >= 0.6 is 0 Å². The van der Waals surface area contributed by atoms with E-state index in [1.165, 1.54) is 65.4 Å². The van der Waals surface area contributed by atoms with Gasteiger partial charge in [0.25, 0.3) is 6.71 Å². The Hall–Kier alpha value is -10.5. The normalized spacial score (nSPS) is 12.8. The first-order valence-corrected chi connectivity index (χ1v) is 27.0. The molecule has 366 valence electrons. The van der Waals surface area contributed by atoms with Crippen molar-refractivity contribution in [2.45, 2.75) is 0 Å². The number of hydrogen-bond acceptors (Lipinski definition) is 3. The lowest BCUT2D eigenvalue weighted by molar-refractivity contribution is 0.443. The fourth-order valence-electron chi connectivity index (χ4n) is 13.5. The fraction of sp³-hybridized carbons (Fsp3) is 0. The van der Waals surface area contributed by atoms with Crippen LogP contribution in [-0.2, 0) is 0 Å². The minimum Gasteiger partial charge on any atom is -0.458 e. The molecule has 0 amide bonds. The molecule has 0 unspecified atom stereocenters. The Kier molecular flexibility index (Phi) is 8.66. The van der Waals surface area contributed by atoms with Crippen LogP contribution in [0.15, 0.2) is 255 Å². The fourth-order valence-corrected chi connectivity index (χ4v) is 13.5. The van der Waals surface area contributed by atoms with E-state index in [-0.39, 0.29) is 6.71 Å². The SMILES string of the molecule is c1cc(-c2cc3c4c(c2)Oc2cc(-c5cccc(-n6c7ccccc7c7ccccc76)c5)cc5c2B4c2c(cc(-c4cccc(-n6c7ccccc7c7ccccc76)c4)cc2O5)O3)cc(-n2c3ccccc3c3ccccc32)c1. The average Bonchev–Trinajstić information content (AvgIpc) is 4.34. The molecule has 15 aromatic rings. The number of benzene rings is 12. The third-order valence-corrected chi connectivity index (χ3v) is 16.9. The predicted molar refractivity (Wildman–Crippen MR) is 324 cm³/mol. The van der Waals surface area contributed by atoms with Gasteiger partial charge in [-0.05, 0) is 143 Å². The molecule has 3 aliphatic heterocycles. The van der Waals surface area contributed by atoms with Crippen molar-refractivity contribution in [1.29, 1.82) is 0 Å². The summed E-state index contributed by atoms with van der Waals surface area (Å²) in [6.07, 6.45) is 0. The van der Waals surface area contributed by atoms with E-state index in [1.54, 1.807) is 0 Å². The highest BCUT2D eigenvalue weighted by Crippen LogP contribution is 2.48. The summed E-state index contributed by atoms with van der Waals surface area (Å²) in [6, 6.07) is 91.7. The summed E-state index contributed by atoms with van der Waals surface area (Å²) in [5, 5.41) is 7.37. The molecule has 0 aliphatic carbocycles. The van der Waals surface area contributed by atoms with Crippen molar-refractivity contribution in [3.8, 4) is 84.9 Å². The van der Waals surface area contributed by atoms with Gasteiger partial charge in [0.2, 0.25) is 0 Å². The van der Waals surface area contributed by atoms with E-state index in [4.69, 9.17) is 14.2 Å². The molecule has 0 saturated heterocycles. The minimum atomic E-state index is -0.190. The Morgan fingerprint density at radius 2 is 0.443 bits per heavy atom. The molecule has 0 spiro atoms. The molecule has 3 aromatic heterocycles. The van der Waals surface area contributed by atoms with Gasteiger partial charge in [0.1, 0.15) is 34.5 Å². The standard InChI is InChI=1S/C72H42BN3O3/c1-7-28-58-52(22-1)53-23-2-8-29-59(53)74(58)49-19-13-16-43(34-49)46-37-64-70-65(38-46)78-67-40-48(45-18-15-21-51(36-45)76-62-32-11-5-26-56(62)57-27-6-12-33-63(57)76)42-69-72(67)73(70)71-66(77-64)39-47(41-68(71)79-69)44-17-14-20-50(35-44)75-60-30-9-3-24-54(60)55-25-4-10-31-61(55)75/h1-42H. The quantitative estimate of drug-likeness (QED) is 0.156. The summed E-state index contributed by atoms with van der Waals surface area (Å²) >= 11 is 0. The van der Waals surface area contributed by atoms with Crippen LogP contribution in [0.4, 0.5) is 0 Å². The van der Waals surface area contributed by atoms with Gasteiger partial charge in [-0.1, -0.05) is 146 Å². The Balaban J connectivity index is 0.820. The largest absolute Gasteiger partial charge is 0.458 e. The molecule has 0 saturated carbocycles. The molecular weight excluding hydrogens is 966 g/mol. The van der Waals surface area contributed by atoms with Crippen molar-refractivity contribution < 1.29 is 14.2 Å². The van der Waals surface area contributed by atoms with Crippen LogP contribution < -0.4 is 30.6 Å². The van der Waals surface area contributed by atoms with Gasteiger partial charge in [-0.15, -0.1) is 0 Å². The van der Waals surface area contributed by atoms with E-state index in [0.29, 0.717) is 0 Å². The van der Waals surface area contributed by atoms with Gasteiger partial charge in [0.05, 0.1) is 33.1 Å². The number of para-hydroxylation sites is 6. The number of aromatic nitrogens is 3. The number of fused-ring (bicyclic) bond motifs is 9. The first-order chi connectivity index (χ1) is 39.1. The molecule has 6 heterocycles. The zero-order chi connectivity index (χ0) is 51.4. The van der Waals surface area contributed by atoms with Crippen LogP contribution in [-0.4, -0.2) is 20.4 Å². The van der Waals surface area contributed by atoms with Crippen LogP contribution in [0.1, 0.15) is 0 Å². The number of hydrogen-bond donors (Lipinski definition) is 0. The Bertz CT molecular complexity index is 4420. The van der Waals surface area contributed by atoms with Crippen molar-refractivity contribution in [1.82, 2.24) is 13.7 Å². The minimum absolute atomic E-state index is 0.190. The molecule has 0 fully saturated rings. The van der Waals surface area contributed by atoms with E-state index < -0.39 is 0 Å². The predicted octanol–water partition coefficient (Wildman–Crippen LogP) is 16.8. The summed E-state index contributed by atoms with van der Waals surface area (Å²) < 4.78 is 28.8. The maximum atomic E-state index is 7.24. The highest BCUT2D eigenvalue weighted by atomic mass is 16.5. The lowest BCUT2D eigenvalue weighted by atomic mass is 9.33. The monoisotopic (exact) mass is 1010 g/mol. The highest BCUT2D eigenvalue weighted by Gasteiger charge is 2.47. The molecular formula is C72H42BN3O3. The zero-order valence-electron chi connectivity index (χ0n) is 42.4. The number of ether oxygens (including phenoxy) is 3. The molecule has 18 rings (SSSR count). The second-order valence-corrected chi connectivity index (χ2v) is 21.2. The molecule has 6 nitrogen and oxygen atoms in total. The van der Waals surface area contributed by atoms with E-state index in [1.807, 2.05) is 0 Å². The van der Waals surface area contributed by atoms with Gasteiger partial charge in [-0.25, -0.2) is 0 Å². The maximum absolute atomic E-state index is 7.24. The number of nitrogens with zero attached hydrogens (tertiary/aromatic N) is 3. The van der Waals surface area contributed by atoms with Crippen molar-refractivity contribution in [3.63, 3.8) is 0 Å². The lowest BCUT2D eigenvalue weighted by Gasteiger charge is -2.38. The second kappa shape index (κ2) is 16.0. The van der Waals surface area contributed by atoms with Crippen LogP contribution in [0.3, 0.4) is 0 Å². The number of rotatable bonds is 6. The van der Waals surface area contributed by atoms with Gasteiger partial charge < -0.3 is 27.9 Å². The summed E-state index contributed by atoms with van der Waals surface area (Å²) in [5.41, 5.74) is 19.4. The third-order valence-electron chi connectivity index (χ3n) is 16.9. The molecule has 0 N–H and O–H groups in total. The van der Waals surface area contributed by atoms with Crippen LogP contribution in [0.2, 0.25) is 0 Å². The van der Waals surface area contributed by atoms with Gasteiger partial charge >= 0.3 is 0 Å². The van der Waals surface area contributed by atoms with E-state index in [9.17, 15) is 0 Å². The smallest absolute Gasteiger partial charge is 0.270 e. The van der Waals surface area contributed by atoms with Gasteiger partial charge in [-0.3, -0.25) is 0 Å². The Morgan fingerprint density at radius 1 is 0.215 bits per heavy atom. The summed E-state index contributed by atoms with van der Waals surface area (Å²) in [4.78, 5) is 0. The summed E-state index contributed by atoms with van der Waals surface area (Å²) in [5.74, 6) is 4.64. The van der Waals surface area contributed by atoms with E-state index in [0.717, 1.165) is 101 Å². The molecule has 7 heteroatoms. The topological polar surface area (TPSA) is 42.5 Å². The Morgan fingerprint density at radius 3 is 0.684 bits per heavy atom. The van der Waals surface area contributed by atoms with Gasteiger partial charge in [-0.2, -0.15) is 0 Å². The van der Waals surface area contributed by atoms with Gasteiger partial charge in [0, 0.05) is 65.8 Å². The van der Waals surface area contributed by atoms with Gasteiger partial charge in [0.15, 0.2) is 0 Å². The summed E-state index contributed by atoms with van der Waals surface area (Å²) in [7, 11) is 0. The third kappa shape index (κ3) is 6.12. The second-order valence-electron chi connectivity index (χ2n) is 21.2. The average molecular weight is 1010 g/mol. The van der Waals surface area contributed by atoms with E-state index in [2.05, 4.69) is 268 Å². The zero-order valence-corrected chi connectivity index (χ0v) is 42.4. The van der Waals surface area contributed by atoms with Crippen LogP contribution in [0.5, 0.6) is 34.5 Å². The molecule has 79 heavy (non-hydrogen) atoms. The maximum Gasteiger partial charge on any atom is 0.270 e. The molecule has 0 radical (unpaired) electrons. The van der Waals surface area contributed by atoms with Crippen molar-refractivity contribution >= 4 is 88.5 Å². The van der Waals surface area contributed by atoms with E-state index >= 15 is 0 Å². The van der Waals surface area contributed by atoms with Crippen molar-refractivity contribution in [3.05, 3.63) is 255 Å². The Labute approximate surface area is 453 Å². The highest BCUT2D eigenvalue weighted by molar-refractivity contribution is 6.99. The molecule has 0 bridgehead atoms. The van der Waals surface area contributed by atoms with Crippen molar-refractivity contribution in [2.24, 2.45) is 0 Å². The van der Waals surface area contributed by atoms with Crippen LogP contribution in [0, 0.1) is 0 Å². The molecule has 3 aliphatic rings. The lowest BCUT2D eigenvalue weighted by Crippen LogP contribution is -2.59. The van der Waals surface area contributed by atoms with Crippen molar-refractivity contribution in [2.75, 3.05) is 0 Å².